The Labute approximate surface area is 127 Å². The van der Waals surface area contributed by atoms with Gasteiger partial charge in [0.15, 0.2) is 0 Å². The zero-order chi connectivity index (χ0) is 16.1. The fourth-order valence-electron chi connectivity index (χ4n) is 1.87. The summed E-state index contributed by atoms with van der Waals surface area (Å²) in [6, 6.07) is 11.2. The fourth-order valence-corrected chi connectivity index (χ4v) is 1.87. The second kappa shape index (κ2) is 6.72. The quantitative estimate of drug-likeness (QED) is 0.693. The van der Waals surface area contributed by atoms with Gasteiger partial charge in [-0.25, -0.2) is 4.39 Å². The fraction of sp³-hybridized carbons (Fsp3) is 0.176. The largest absolute Gasteiger partial charge is 0.457 e. The van der Waals surface area contributed by atoms with Crippen LogP contribution in [0.25, 0.3) is 17.4 Å². The zero-order valence-corrected chi connectivity index (χ0v) is 12.3. The number of nitriles is 1. The van der Waals surface area contributed by atoms with Crippen molar-refractivity contribution in [2.75, 3.05) is 0 Å². The summed E-state index contributed by atoms with van der Waals surface area (Å²) in [5.41, 5.74) is 0.260. The topological polar surface area (TPSA) is 66.0 Å². The number of hydrogen-bond acceptors (Lipinski definition) is 3. The molecule has 0 saturated heterocycles. The highest BCUT2D eigenvalue weighted by Gasteiger charge is 2.12. The number of nitrogens with zero attached hydrogens (tertiary/aromatic N) is 1. The maximum atomic E-state index is 13.7. The first-order chi connectivity index (χ1) is 10.5. The lowest BCUT2D eigenvalue weighted by Crippen LogP contribution is -2.30. The van der Waals surface area contributed by atoms with Gasteiger partial charge in [0.1, 0.15) is 29.0 Å². The Morgan fingerprint density at radius 1 is 1.32 bits per heavy atom. The molecule has 0 saturated carbocycles. The van der Waals surface area contributed by atoms with Crippen LogP contribution in [0.4, 0.5) is 4.39 Å². The molecule has 5 heteroatoms. The summed E-state index contributed by atoms with van der Waals surface area (Å²) in [4.78, 5) is 11.8. The smallest absolute Gasteiger partial charge is 0.262 e. The molecule has 1 amide bonds. The van der Waals surface area contributed by atoms with Crippen LogP contribution in [0.3, 0.4) is 0 Å². The number of carbonyl (C=O) groups excluding carboxylic acids is 1. The van der Waals surface area contributed by atoms with Gasteiger partial charge in [0.2, 0.25) is 0 Å². The molecule has 22 heavy (non-hydrogen) atoms. The van der Waals surface area contributed by atoms with Gasteiger partial charge in [-0.15, -0.1) is 0 Å². The normalized spacial score (nSPS) is 11.3. The van der Waals surface area contributed by atoms with Crippen LogP contribution in [-0.2, 0) is 4.79 Å². The van der Waals surface area contributed by atoms with Crippen molar-refractivity contribution in [3.8, 4) is 17.4 Å². The Morgan fingerprint density at radius 2 is 2.05 bits per heavy atom. The summed E-state index contributed by atoms with van der Waals surface area (Å²) < 4.78 is 19.2. The Balaban J connectivity index is 2.28. The van der Waals surface area contributed by atoms with E-state index < -0.39 is 11.7 Å². The highest BCUT2D eigenvalue weighted by Crippen LogP contribution is 2.25. The van der Waals surface area contributed by atoms with Crippen molar-refractivity contribution >= 4 is 12.0 Å². The summed E-state index contributed by atoms with van der Waals surface area (Å²) in [7, 11) is 0. The predicted molar refractivity (Wildman–Crippen MR) is 81.0 cm³/mol. The molecule has 2 rings (SSSR count). The average Bonchev–Trinajstić information content (AvgIpc) is 2.92. The zero-order valence-electron chi connectivity index (χ0n) is 12.3. The molecule has 0 spiro atoms. The molecule has 0 fully saturated rings. The lowest BCUT2D eigenvalue weighted by atomic mass is 10.1. The number of rotatable bonds is 4. The van der Waals surface area contributed by atoms with E-state index in [9.17, 15) is 9.18 Å². The average molecular weight is 298 g/mol. The number of halogens is 1. The van der Waals surface area contributed by atoms with Crippen LogP contribution in [0, 0.1) is 17.1 Å². The number of carbonyl (C=O) groups is 1. The third-order valence-electron chi connectivity index (χ3n) is 2.84. The van der Waals surface area contributed by atoms with Crippen molar-refractivity contribution in [2.45, 2.75) is 19.9 Å². The van der Waals surface area contributed by atoms with Gasteiger partial charge in [-0.3, -0.25) is 4.79 Å². The Morgan fingerprint density at radius 3 is 2.68 bits per heavy atom. The Hall–Kier alpha value is -2.87. The highest BCUT2D eigenvalue weighted by atomic mass is 19.1. The van der Waals surface area contributed by atoms with Crippen molar-refractivity contribution in [3.05, 3.63) is 53.5 Å². The van der Waals surface area contributed by atoms with Crippen molar-refractivity contribution in [3.63, 3.8) is 0 Å². The summed E-state index contributed by atoms with van der Waals surface area (Å²) in [6.07, 6.45) is 1.34. The van der Waals surface area contributed by atoms with E-state index in [4.69, 9.17) is 9.68 Å². The molecule has 1 heterocycles. The molecule has 1 aromatic heterocycles. The lowest BCUT2D eigenvalue weighted by molar-refractivity contribution is -0.117. The molecule has 4 nitrogen and oxygen atoms in total. The minimum atomic E-state index is -0.471. The molecule has 0 bridgehead atoms. The van der Waals surface area contributed by atoms with Crippen molar-refractivity contribution in [1.82, 2.24) is 5.32 Å². The molecule has 0 aliphatic heterocycles. The van der Waals surface area contributed by atoms with Gasteiger partial charge >= 0.3 is 0 Å². The molecule has 2 aromatic rings. The van der Waals surface area contributed by atoms with E-state index in [-0.39, 0.29) is 11.6 Å². The molecular formula is C17H15FN2O2. The number of hydrogen-bond donors (Lipinski definition) is 1. The van der Waals surface area contributed by atoms with Crippen LogP contribution in [0.5, 0.6) is 0 Å². The first-order valence-electron chi connectivity index (χ1n) is 6.78. The molecular weight excluding hydrogens is 283 g/mol. The van der Waals surface area contributed by atoms with Gasteiger partial charge < -0.3 is 9.73 Å². The first-order valence-corrected chi connectivity index (χ1v) is 6.78. The first kappa shape index (κ1) is 15.5. The van der Waals surface area contributed by atoms with Crippen LogP contribution in [0.15, 0.2) is 46.4 Å². The van der Waals surface area contributed by atoms with Crippen LogP contribution in [-0.4, -0.2) is 11.9 Å². The molecule has 0 aliphatic carbocycles. The molecule has 1 aromatic carbocycles. The van der Waals surface area contributed by atoms with E-state index in [2.05, 4.69) is 5.32 Å². The summed E-state index contributed by atoms with van der Waals surface area (Å²) in [6.45, 7) is 3.60. The van der Waals surface area contributed by atoms with Crippen molar-refractivity contribution in [1.29, 1.82) is 5.26 Å². The number of amides is 1. The molecule has 0 aliphatic rings. The van der Waals surface area contributed by atoms with Crippen LogP contribution in [0.1, 0.15) is 19.6 Å². The second-order valence-electron chi connectivity index (χ2n) is 4.98. The van der Waals surface area contributed by atoms with E-state index in [1.165, 1.54) is 12.1 Å². The minimum absolute atomic E-state index is 0.0665. The minimum Gasteiger partial charge on any atom is -0.457 e. The number of nitrogens with one attached hydrogen (secondary N) is 1. The van der Waals surface area contributed by atoms with Gasteiger partial charge in [0.05, 0.1) is 5.56 Å². The molecule has 112 valence electrons. The standard InChI is InChI=1S/C17H15FN2O2/c1-11(2)20-17(21)12(10-19)9-13-7-8-16(22-13)14-5-3-4-6-15(14)18/h3-9,11H,1-2H3,(H,20,21)/b12-9+. The van der Waals surface area contributed by atoms with Gasteiger partial charge in [-0.2, -0.15) is 5.26 Å². The highest BCUT2D eigenvalue weighted by molar-refractivity contribution is 6.01. The van der Waals surface area contributed by atoms with Gasteiger partial charge in [-0.1, -0.05) is 12.1 Å². The lowest BCUT2D eigenvalue weighted by Gasteiger charge is -2.06. The third kappa shape index (κ3) is 3.61. The SMILES string of the molecule is CC(C)NC(=O)/C(C#N)=C/c1ccc(-c2ccccc2F)o1. The molecule has 0 radical (unpaired) electrons. The summed E-state index contributed by atoms with van der Waals surface area (Å²) >= 11 is 0. The maximum Gasteiger partial charge on any atom is 0.262 e. The van der Waals surface area contributed by atoms with Gasteiger partial charge in [0, 0.05) is 12.1 Å². The van der Waals surface area contributed by atoms with Crippen molar-refractivity contribution in [2.24, 2.45) is 0 Å². The molecule has 0 atom stereocenters. The van der Waals surface area contributed by atoms with Gasteiger partial charge in [-0.05, 0) is 38.1 Å². The monoisotopic (exact) mass is 298 g/mol. The second-order valence-corrected chi connectivity index (χ2v) is 4.98. The number of furan rings is 1. The van der Waals surface area contributed by atoms with E-state index in [0.29, 0.717) is 17.1 Å². The predicted octanol–water partition coefficient (Wildman–Crippen LogP) is 3.52. The van der Waals surface area contributed by atoms with Gasteiger partial charge in [0.25, 0.3) is 5.91 Å². The van der Waals surface area contributed by atoms with Crippen molar-refractivity contribution < 1.29 is 13.6 Å². The third-order valence-corrected chi connectivity index (χ3v) is 2.84. The van der Waals surface area contributed by atoms with Crippen LogP contribution < -0.4 is 5.32 Å². The Bertz CT molecular complexity index is 754. The molecule has 1 N–H and O–H groups in total. The van der Waals surface area contributed by atoms with Crippen LogP contribution in [0.2, 0.25) is 0 Å². The summed E-state index contributed by atoms with van der Waals surface area (Å²) in [5, 5.41) is 11.7. The Kier molecular flexibility index (Phi) is 4.74. The van der Waals surface area contributed by atoms with E-state index in [1.54, 1.807) is 44.2 Å². The molecule has 0 unspecified atom stereocenters. The number of benzene rings is 1. The summed E-state index contributed by atoms with van der Waals surface area (Å²) in [5.74, 6) is -0.216. The van der Waals surface area contributed by atoms with E-state index in [1.807, 2.05) is 6.07 Å². The van der Waals surface area contributed by atoms with Crippen LogP contribution >= 0.6 is 0 Å². The van der Waals surface area contributed by atoms with E-state index >= 15 is 0 Å². The maximum absolute atomic E-state index is 13.7. The van der Waals surface area contributed by atoms with E-state index in [0.717, 1.165) is 0 Å².